The summed E-state index contributed by atoms with van der Waals surface area (Å²) in [6.07, 6.45) is 0. The molecule has 0 aliphatic heterocycles. The van der Waals surface area contributed by atoms with Crippen LogP contribution in [-0.4, -0.2) is 59.6 Å². The van der Waals surface area contributed by atoms with Crippen LogP contribution in [0.25, 0.3) is 0 Å². The molecule has 2 rings (SSSR count). The second-order valence-corrected chi connectivity index (χ2v) is 8.47. The lowest BCUT2D eigenvalue weighted by Crippen LogP contribution is -2.29. The van der Waals surface area contributed by atoms with E-state index in [1.54, 1.807) is 27.0 Å². The lowest BCUT2D eigenvalue weighted by molar-refractivity contribution is 0.0598. The average Bonchev–Trinajstić information content (AvgIpc) is 3.07. The fourth-order valence-electron chi connectivity index (χ4n) is 2.81. The number of esters is 1. The van der Waals surface area contributed by atoms with E-state index in [-0.39, 0.29) is 36.1 Å². The molecule has 1 aromatic heterocycles. The summed E-state index contributed by atoms with van der Waals surface area (Å²) < 4.78 is 42.4. The molecule has 30 heavy (non-hydrogen) atoms. The Hall–Kier alpha value is -2.69. The molecule has 0 atom stereocenters. The molecule has 0 saturated heterocycles. The van der Waals surface area contributed by atoms with Gasteiger partial charge >= 0.3 is 5.97 Å². The van der Waals surface area contributed by atoms with E-state index in [1.807, 2.05) is 0 Å². The summed E-state index contributed by atoms with van der Waals surface area (Å²) in [6, 6.07) is 5.90. The van der Waals surface area contributed by atoms with Crippen LogP contribution in [0.5, 0.6) is 0 Å². The Balaban J connectivity index is 2.22. The minimum Gasteiger partial charge on any atom is -0.465 e. The second-order valence-electron chi connectivity index (χ2n) is 6.70. The molecule has 9 nitrogen and oxygen atoms in total. The Morgan fingerprint density at radius 2 is 1.83 bits per heavy atom. The van der Waals surface area contributed by atoms with Crippen molar-refractivity contribution in [3.8, 4) is 0 Å². The maximum Gasteiger partial charge on any atom is 0.341 e. The number of nitrogens with one attached hydrogen (secondary N) is 1. The number of sulfonamides is 1. The zero-order valence-corrected chi connectivity index (χ0v) is 18.5. The Morgan fingerprint density at radius 1 is 1.13 bits per heavy atom. The van der Waals surface area contributed by atoms with Crippen LogP contribution in [0, 0.1) is 13.8 Å². The standard InChI is InChI=1S/C20H26N2O7S/c1-13-6-7-16(30(25,26)21-8-9-27-4)11-17(13)19(23)22(3)12-15-10-18(14(2)29-15)20(24)28-5/h6-7,10-11,21H,8-9,12H2,1-5H3. The first kappa shape index (κ1) is 23.6. The van der Waals surface area contributed by atoms with Crippen LogP contribution >= 0.6 is 0 Å². The normalized spacial score (nSPS) is 11.4. The number of rotatable bonds is 9. The molecule has 1 heterocycles. The van der Waals surface area contributed by atoms with E-state index in [4.69, 9.17) is 13.9 Å². The number of amides is 1. The van der Waals surface area contributed by atoms with Gasteiger partial charge in [0.2, 0.25) is 10.0 Å². The van der Waals surface area contributed by atoms with Gasteiger partial charge < -0.3 is 18.8 Å². The van der Waals surface area contributed by atoms with Gasteiger partial charge in [-0.25, -0.2) is 17.9 Å². The number of hydrogen-bond donors (Lipinski definition) is 1. The van der Waals surface area contributed by atoms with Gasteiger partial charge in [0, 0.05) is 26.3 Å². The first-order valence-corrected chi connectivity index (χ1v) is 10.6. The molecule has 0 bridgehead atoms. The minimum absolute atomic E-state index is 0.0113. The van der Waals surface area contributed by atoms with E-state index in [9.17, 15) is 18.0 Å². The third kappa shape index (κ3) is 5.47. The molecule has 2 aromatic rings. The Morgan fingerprint density at radius 3 is 2.47 bits per heavy atom. The molecule has 0 unspecified atom stereocenters. The summed E-state index contributed by atoms with van der Waals surface area (Å²) in [5.41, 5.74) is 1.18. The zero-order chi connectivity index (χ0) is 22.5. The van der Waals surface area contributed by atoms with Crippen molar-refractivity contribution in [2.45, 2.75) is 25.3 Å². The van der Waals surface area contributed by atoms with Crippen molar-refractivity contribution < 1.29 is 31.9 Å². The minimum atomic E-state index is -3.78. The molecule has 1 amide bonds. The lowest BCUT2D eigenvalue weighted by Gasteiger charge is -2.18. The number of ether oxygens (including phenoxy) is 2. The van der Waals surface area contributed by atoms with Gasteiger partial charge in [0.1, 0.15) is 17.1 Å². The number of hydrogen-bond acceptors (Lipinski definition) is 7. The highest BCUT2D eigenvalue weighted by molar-refractivity contribution is 7.89. The van der Waals surface area contributed by atoms with E-state index in [2.05, 4.69) is 4.72 Å². The van der Waals surface area contributed by atoms with Crippen molar-refractivity contribution >= 4 is 21.9 Å². The molecule has 0 aliphatic rings. The summed E-state index contributed by atoms with van der Waals surface area (Å²) in [6.45, 7) is 3.81. The van der Waals surface area contributed by atoms with Crippen LogP contribution < -0.4 is 4.72 Å². The highest BCUT2D eigenvalue weighted by Crippen LogP contribution is 2.20. The van der Waals surface area contributed by atoms with Crippen LogP contribution in [-0.2, 0) is 26.0 Å². The van der Waals surface area contributed by atoms with E-state index in [1.165, 1.54) is 37.3 Å². The van der Waals surface area contributed by atoms with Crippen LogP contribution in [0.3, 0.4) is 0 Å². The van der Waals surface area contributed by atoms with E-state index in [0.717, 1.165) is 0 Å². The van der Waals surface area contributed by atoms with Crippen molar-refractivity contribution in [3.63, 3.8) is 0 Å². The maximum absolute atomic E-state index is 12.9. The highest BCUT2D eigenvalue weighted by Gasteiger charge is 2.22. The zero-order valence-electron chi connectivity index (χ0n) is 17.6. The van der Waals surface area contributed by atoms with Crippen LogP contribution in [0.1, 0.15) is 37.8 Å². The quantitative estimate of drug-likeness (QED) is 0.469. The van der Waals surface area contributed by atoms with Gasteiger partial charge in [-0.2, -0.15) is 0 Å². The van der Waals surface area contributed by atoms with Gasteiger partial charge in [-0.3, -0.25) is 4.79 Å². The monoisotopic (exact) mass is 438 g/mol. The smallest absolute Gasteiger partial charge is 0.341 e. The summed E-state index contributed by atoms with van der Waals surface area (Å²) in [5.74, 6) is -0.100. The first-order valence-electron chi connectivity index (χ1n) is 9.13. The largest absolute Gasteiger partial charge is 0.465 e. The lowest BCUT2D eigenvalue weighted by atomic mass is 10.1. The van der Waals surface area contributed by atoms with Crippen molar-refractivity contribution in [2.24, 2.45) is 0 Å². The Kier molecular flexibility index (Phi) is 7.77. The number of carbonyl (C=O) groups excluding carboxylic acids is 2. The molecule has 10 heteroatoms. The second kappa shape index (κ2) is 9.88. The first-order chi connectivity index (χ1) is 14.1. The van der Waals surface area contributed by atoms with Gasteiger partial charge in [0.25, 0.3) is 5.91 Å². The third-order valence-corrected chi connectivity index (χ3v) is 5.92. The van der Waals surface area contributed by atoms with Gasteiger partial charge in [0.15, 0.2) is 0 Å². The Labute approximate surface area is 176 Å². The molecule has 0 fully saturated rings. The number of benzene rings is 1. The summed E-state index contributed by atoms with van der Waals surface area (Å²) >= 11 is 0. The summed E-state index contributed by atoms with van der Waals surface area (Å²) in [4.78, 5) is 26.0. The molecule has 0 saturated carbocycles. The predicted molar refractivity (Wildman–Crippen MR) is 109 cm³/mol. The number of aryl methyl sites for hydroxylation is 2. The maximum atomic E-state index is 12.9. The van der Waals surface area contributed by atoms with Crippen LogP contribution in [0.2, 0.25) is 0 Å². The van der Waals surface area contributed by atoms with Gasteiger partial charge in [-0.15, -0.1) is 0 Å². The SMILES string of the molecule is COCCNS(=O)(=O)c1ccc(C)c(C(=O)N(C)Cc2cc(C(=O)OC)c(C)o2)c1. The third-order valence-electron chi connectivity index (χ3n) is 4.46. The van der Waals surface area contributed by atoms with Crippen molar-refractivity contribution in [1.29, 1.82) is 0 Å². The molecular weight excluding hydrogens is 412 g/mol. The Bertz CT molecular complexity index is 1030. The van der Waals surface area contributed by atoms with E-state index >= 15 is 0 Å². The molecule has 1 N–H and O–H groups in total. The number of nitrogens with zero attached hydrogens (tertiary/aromatic N) is 1. The number of carbonyl (C=O) groups is 2. The molecular formula is C20H26N2O7S. The summed E-state index contributed by atoms with van der Waals surface area (Å²) in [5, 5.41) is 0. The van der Waals surface area contributed by atoms with E-state index < -0.39 is 16.0 Å². The van der Waals surface area contributed by atoms with Crippen LogP contribution in [0.15, 0.2) is 33.6 Å². The van der Waals surface area contributed by atoms with Gasteiger partial charge in [0.05, 0.1) is 25.2 Å². The van der Waals surface area contributed by atoms with Gasteiger partial charge in [-0.1, -0.05) is 6.07 Å². The van der Waals surface area contributed by atoms with Crippen molar-refractivity contribution in [3.05, 3.63) is 52.5 Å². The fourth-order valence-corrected chi connectivity index (χ4v) is 3.84. The molecule has 0 spiro atoms. The van der Waals surface area contributed by atoms with Crippen molar-refractivity contribution in [2.75, 3.05) is 34.4 Å². The number of furan rings is 1. The average molecular weight is 439 g/mol. The molecule has 0 aliphatic carbocycles. The number of methoxy groups -OCH3 is 2. The highest BCUT2D eigenvalue weighted by atomic mass is 32.2. The van der Waals surface area contributed by atoms with Crippen LogP contribution in [0.4, 0.5) is 0 Å². The van der Waals surface area contributed by atoms with Crippen molar-refractivity contribution in [1.82, 2.24) is 9.62 Å². The fraction of sp³-hybridized carbons (Fsp3) is 0.400. The molecule has 0 radical (unpaired) electrons. The van der Waals surface area contributed by atoms with Gasteiger partial charge in [-0.05, 0) is 37.6 Å². The van der Waals surface area contributed by atoms with E-state index in [0.29, 0.717) is 22.6 Å². The molecule has 1 aromatic carbocycles. The molecule has 164 valence electrons. The summed E-state index contributed by atoms with van der Waals surface area (Å²) in [7, 11) is 0.539. The topological polar surface area (TPSA) is 115 Å². The predicted octanol–water partition coefficient (Wildman–Crippen LogP) is 1.88.